The highest BCUT2D eigenvalue weighted by Crippen LogP contribution is 2.12. The van der Waals surface area contributed by atoms with Gasteiger partial charge in [-0.1, -0.05) is 0 Å². The molecule has 1 aliphatic rings. The molecule has 1 aliphatic heterocycles. The van der Waals surface area contributed by atoms with E-state index in [1.807, 2.05) is 4.90 Å². The van der Waals surface area contributed by atoms with Crippen LogP contribution < -0.4 is 5.32 Å². The quantitative estimate of drug-likeness (QED) is 0.804. The highest BCUT2D eigenvalue weighted by molar-refractivity contribution is 5.93. The average molecular weight is 291 g/mol. The second kappa shape index (κ2) is 7.93. The number of rotatable bonds is 6. The molecule has 0 aliphatic carbocycles. The van der Waals surface area contributed by atoms with Crippen molar-refractivity contribution in [2.75, 3.05) is 45.6 Å². The molecule has 0 saturated carbocycles. The van der Waals surface area contributed by atoms with Crippen molar-refractivity contribution in [3.05, 3.63) is 18.0 Å². The van der Waals surface area contributed by atoms with Gasteiger partial charge in [-0.2, -0.15) is 0 Å². The SMILES string of the molecule is CN(C)CCCNc1ncc(C(=O)N2CCCCC2)cn1. The Balaban J connectivity index is 1.82. The van der Waals surface area contributed by atoms with Crippen LogP contribution >= 0.6 is 0 Å². The lowest BCUT2D eigenvalue weighted by Crippen LogP contribution is -2.35. The van der Waals surface area contributed by atoms with Gasteiger partial charge in [0.1, 0.15) is 0 Å². The molecule has 1 aromatic rings. The first kappa shape index (κ1) is 15.7. The third-order valence-corrected chi connectivity index (χ3v) is 3.61. The molecule has 116 valence electrons. The molecule has 6 heteroatoms. The van der Waals surface area contributed by atoms with Crippen LogP contribution in [-0.4, -0.2) is 65.9 Å². The van der Waals surface area contributed by atoms with Crippen LogP contribution in [0.2, 0.25) is 0 Å². The van der Waals surface area contributed by atoms with E-state index in [2.05, 4.69) is 34.3 Å². The second-order valence-corrected chi connectivity index (χ2v) is 5.73. The molecule has 0 atom stereocenters. The van der Waals surface area contributed by atoms with Crippen LogP contribution in [0.25, 0.3) is 0 Å². The van der Waals surface area contributed by atoms with E-state index in [-0.39, 0.29) is 5.91 Å². The Kier molecular flexibility index (Phi) is 5.92. The average Bonchev–Trinajstić information content (AvgIpc) is 2.52. The van der Waals surface area contributed by atoms with Gasteiger partial charge in [0.15, 0.2) is 0 Å². The first-order chi connectivity index (χ1) is 10.2. The fourth-order valence-corrected chi connectivity index (χ4v) is 2.40. The number of carbonyl (C=O) groups excluding carboxylic acids is 1. The number of carbonyl (C=O) groups is 1. The molecular formula is C15H25N5O. The van der Waals surface area contributed by atoms with E-state index in [0.29, 0.717) is 11.5 Å². The smallest absolute Gasteiger partial charge is 0.256 e. The van der Waals surface area contributed by atoms with Gasteiger partial charge in [-0.05, 0) is 46.3 Å². The summed E-state index contributed by atoms with van der Waals surface area (Å²) in [5.41, 5.74) is 0.579. The molecular weight excluding hydrogens is 266 g/mol. The van der Waals surface area contributed by atoms with Crippen LogP contribution in [0.1, 0.15) is 36.0 Å². The minimum absolute atomic E-state index is 0.0499. The Bertz CT molecular complexity index is 440. The first-order valence-electron chi connectivity index (χ1n) is 7.67. The van der Waals surface area contributed by atoms with Gasteiger partial charge in [-0.15, -0.1) is 0 Å². The topological polar surface area (TPSA) is 61.4 Å². The maximum atomic E-state index is 12.3. The number of likely N-dealkylation sites (tertiary alicyclic amines) is 1. The van der Waals surface area contributed by atoms with E-state index in [1.54, 1.807) is 12.4 Å². The van der Waals surface area contributed by atoms with Crippen molar-refractivity contribution >= 4 is 11.9 Å². The molecule has 0 unspecified atom stereocenters. The minimum atomic E-state index is 0.0499. The summed E-state index contributed by atoms with van der Waals surface area (Å²) in [5.74, 6) is 0.637. The summed E-state index contributed by atoms with van der Waals surface area (Å²) in [6.07, 6.45) is 7.69. The van der Waals surface area contributed by atoms with Crippen molar-refractivity contribution in [3.8, 4) is 0 Å². The minimum Gasteiger partial charge on any atom is -0.354 e. The number of nitrogens with one attached hydrogen (secondary N) is 1. The van der Waals surface area contributed by atoms with E-state index in [0.717, 1.165) is 45.4 Å². The van der Waals surface area contributed by atoms with Crippen molar-refractivity contribution in [2.45, 2.75) is 25.7 Å². The molecule has 1 N–H and O–H groups in total. The molecule has 1 fully saturated rings. The summed E-state index contributed by atoms with van der Waals surface area (Å²) in [6.45, 7) is 3.56. The van der Waals surface area contributed by atoms with Crippen molar-refractivity contribution in [2.24, 2.45) is 0 Å². The number of hydrogen-bond acceptors (Lipinski definition) is 5. The predicted molar refractivity (Wildman–Crippen MR) is 83.4 cm³/mol. The zero-order chi connectivity index (χ0) is 15.1. The van der Waals surface area contributed by atoms with Gasteiger partial charge in [0, 0.05) is 32.0 Å². The largest absolute Gasteiger partial charge is 0.354 e. The summed E-state index contributed by atoms with van der Waals surface area (Å²) >= 11 is 0. The zero-order valence-electron chi connectivity index (χ0n) is 13.0. The fourth-order valence-electron chi connectivity index (χ4n) is 2.40. The van der Waals surface area contributed by atoms with Gasteiger partial charge in [-0.25, -0.2) is 9.97 Å². The molecule has 6 nitrogen and oxygen atoms in total. The lowest BCUT2D eigenvalue weighted by atomic mass is 10.1. The van der Waals surface area contributed by atoms with Gasteiger partial charge in [0.2, 0.25) is 5.95 Å². The van der Waals surface area contributed by atoms with E-state index in [1.165, 1.54) is 6.42 Å². The van der Waals surface area contributed by atoms with E-state index in [9.17, 15) is 4.79 Å². The van der Waals surface area contributed by atoms with Crippen molar-refractivity contribution in [3.63, 3.8) is 0 Å². The first-order valence-corrected chi connectivity index (χ1v) is 7.67. The van der Waals surface area contributed by atoms with Crippen LogP contribution in [0.4, 0.5) is 5.95 Å². The zero-order valence-corrected chi connectivity index (χ0v) is 13.0. The summed E-state index contributed by atoms with van der Waals surface area (Å²) in [7, 11) is 4.11. The molecule has 2 rings (SSSR count). The highest BCUT2D eigenvalue weighted by Gasteiger charge is 2.18. The molecule has 21 heavy (non-hydrogen) atoms. The number of nitrogens with zero attached hydrogens (tertiary/aromatic N) is 4. The third-order valence-electron chi connectivity index (χ3n) is 3.61. The normalized spacial score (nSPS) is 15.3. The lowest BCUT2D eigenvalue weighted by Gasteiger charge is -2.26. The number of anilines is 1. The van der Waals surface area contributed by atoms with Crippen LogP contribution in [0.15, 0.2) is 12.4 Å². The Morgan fingerprint density at radius 3 is 2.52 bits per heavy atom. The van der Waals surface area contributed by atoms with Crippen LogP contribution in [-0.2, 0) is 0 Å². The Hall–Kier alpha value is -1.69. The molecule has 1 amide bonds. The molecule has 0 spiro atoms. The summed E-state index contributed by atoms with van der Waals surface area (Å²) in [6, 6.07) is 0. The van der Waals surface area contributed by atoms with Crippen molar-refractivity contribution in [1.29, 1.82) is 0 Å². The summed E-state index contributed by atoms with van der Waals surface area (Å²) in [4.78, 5) is 24.8. The Morgan fingerprint density at radius 2 is 1.90 bits per heavy atom. The van der Waals surface area contributed by atoms with Gasteiger partial charge < -0.3 is 15.1 Å². The van der Waals surface area contributed by atoms with Gasteiger partial charge in [-0.3, -0.25) is 4.79 Å². The molecule has 0 aromatic carbocycles. The van der Waals surface area contributed by atoms with Gasteiger partial charge in [0.05, 0.1) is 5.56 Å². The molecule has 0 radical (unpaired) electrons. The van der Waals surface area contributed by atoms with E-state index >= 15 is 0 Å². The molecule has 0 bridgehead atoms. The van der Waals surface area contributed by atoms with Crippen molar-refractivity contribution in [1.82, 2.24) is 19.8 Å². The monoisotopic (exact) mass is 291 g/mol. The predicted octanol–water partition coefficient (Wildman–Crippen LogP) is 1.47. The standard InChI is InChI=1S/C15H25N5O/c1-19(2)8-6-7-16-15-17-11-13(12-18-15)14(21)20-9-4-3-5-10-20/h11-12H,3-10H2,1-2H3,(H,16,17,18). The highest BCUT2D eigenvalue weighted by atomic mass is 16.2. The molecule has 2 heterocycles. The molecule has 1 saturated heterocycles. The van der Waals surface area contributed by atoms with E-state index < -0.39 is 0 Å². The van der Waals surface area contributed by atoms with Gasteiger partial charge in [0.25, 0.3) is 5.91 Å². The third kappa shape index (κ3) is 4.97. The van der Waals surface area contributed by atoms with Crippen LogP contribution in [0, 0.1) is 0 Å². The Morgan fingerprint density at radius 1 is 1.24 bits per heavy atom. The van der Waals surface area contributed by atoms with Crippen LogP contribution in [0.5, 0.6) is 0 Å². The van der Waals surface area contributed by atoms with E-state index in [4.69, 9.17) is 0 Å². The van der Waals surface area contributed by atoms with Crippen LogP contribution in [0.3, 0.4) is 0 Å². The number of aromatic nitrogens is 2. The van der Waals surface area contributed by atoms with Crippen molar-refractivity contribution < 1.29 is 4.79 Å². The number of piperidine rings is 1. The summed E-state index contributed by atoms with van der Waals surface area (Å²) in [5, 5.41) is 3.17. The summed E-state index contributed by atoms with van der Waals surface area (Å²) < 4.78 is 0. The lowest BCUT2D eigenvalue weighted by molar-refractivity contribution is 0.0723. The maximum absolute atomic E-state index is 12.3. The maximum Gasteiger partial charge on any atom is 0.256 e. The molecule has 1 aromatic heterocycles. The number of hydrogen-bond donors (Lipinski definition) is 1. The fraction of sp³-hybridized carbons (Fsp3) is 0.667. The Labute approximate surface area is 126 Å². The number of amides is 1. The van der Waals surface area contributed by atoms with Gasteiger partial charge >= 0.3 is 0 Å². The second-order valence-electron chi connectivity index (χ2n) is 5.73.